The fourth-order valence-electron chi connectivity index (χ4n) is 1.99. The number of benzene rings is 1. The number of rotatable bonds is 4. The van der Waals surface area contributed by atoms with Gasteiger partial charge in [-0.3, -0.25) is 4.79 Å². The Morgan fingerprint density at radius 1 is 1.41 bits per heavy atom. The standard InChI is InChI=1S/C13H17ClN2O/c14-11-4-1-10(2-5-11)3-6-13(17)16-12-7-8-15-9-12/h1-2,4-5,12,15H,3,6-9H2,(H,16,17). The van der Waals surface area contributed by atoms with Crippen LogP contribution < -0.4 is 10.6 Å². The van der Waals surface area contributed by atoms with E-state index in [1.54, 1.807) is 0 Å². The number of aryl methyl sites for hydroxylation is 1. The van der Waals surface area contributed by atoms with Crippen molar-refractivity contribution in [2.45, 2.75) is 25.3 Å². The van der Waals surface area contributed by atoms with Crippen molar-refractivity contribution in [2.75, 3.05) is 13.1 Å². The van der Waals surface area contributed by atoms with Crippen molar-refractivity contribution in [1.29, 1.82) is 0 Å². The van der Waals surface area contributed by atoms with Crippen molar-refractivity contribution in [3.05, 3.63) is 34.9 Å². The summed E-state index contributed by atoms with van der Waals surface area (Å²) in [4.78, 5) is 11.7. The lowest BCUT2D eigenvalue weighted by Gasteiger charge is -2.11. The van der Waals surface area contributed by atoms with E-state index in [1.807, 2.05) is 24.3 Å². The third kappa shape index (κ3) is 4.02. The van der Waals surface area contributed by atoms with E-state index >= 15 is 0 Å². The molecule has 0 spiro atoms. The van der Waals surface area contributed by atoms with Crippen molar-refractivity contribution < 1.29 is 4.79 Å². The second-order valence-corrected chi connectivity index (χ2v) is 4.82. The van der Waals surface area contributed by atoms with Crippen LogP contribution in [0, 0.1) is 0 Å². The van der Waals surface area contributed by atoms with Crippen LogP contribution in [-0.2, 0) is 11.2 Å². The summed E-state index contributed by atoms with van der Waals surface area (Å²) in [5.74, 6) is 0.133. The zero-order valence-electron chi connectivity index (χ0n) is 9.71. The molecule has 1 fully saturated rings. The molecule has 1 atom stereocenters. The van der Waals surface area contributed by atoms with E-state index in [0.29, 0.717) is 12.5 Å². The molecule has 0 aliphatic carbocycles. The Balaban J connectivity index is 1.73. The van der Waals surface area contributed by atoms with E-state index in [2.05, 4.69) is 10.6 Å². The number of carbonyl (C=O) groups excluding carboxylic acids is 1. The average molecular weight is 253 g/mol. The first kappa shape index (κ1) is 12.4. The van der Waals surface area contributed by atoms with Gasteiger partial charge < -0.3 is 10.6 Å². The molecular weight excluding hydrogens is 236 g/mol. The summed E-state index contributed by atoms with van der Waals surface area (Å²) >= 11 is 5.80. The largest absolute Gasteiger partial charge is 0.352 e. The van der Waals surface area contributed by atoms with Gasteiger partial charge in [0.2, 0.25) is 5.91 Å². The van der Waals surface area contributed by atoms with Gasteiger partial charge in [0, 0.05) is 24.0 Å². The predicted molar refractivity (Wildman–Crippen MR) is 69.2 cm³/mol. The normalized spacial score (nSPS) is 19.2. The number of carbonyl (C=O) groups is 1. The minimum atomic E-state index is 0.133. The molecule has 4 heteroatoms. The van der Waals surface area contributed by atoms with Crippen molar-refractivity contribution in [2.24, 2.45) is 0 Å². The van der Waals surface area contributed by atoms with E-state index in [1.165, 1.54) is 0 Å². The van der Waals surface area contributed by atoms with E-state index in [0.717, 1.165) is 36.5 Å². The minimum Gasteiger partial charge on any atom is -0.352 e. The summed E-state index contributed by atoms with van der Waals surface area (Å²) in [6, 6.07) is 7.96. The second-order valence-electron chi connectivity index (χ2n) is 4.38. The molecule has 92 valence electrons. The lowest BCUT2D eigenvalue weighted by molar-refractivity contribution is -0.121. The maximum Gasteiger partial charge on any atom is 0.220 e. The third-order valence-electron chi connectivity index (χ3n) is 2.98. The first-order valence-corrected chi connectivity index (χ1v) is 6.36. The summed E-state index contributed by atoms with van der Waals surface area (Å²) in [5.41, 5.74) is 1.15. The van der Waals surface area contributed by atoms with Crippen molar-refractivity contribution in [3.8, 4) is 0 Å². The van der Waals surface area contributed by atoms with Gasteiger partial charge in [-0.05, 0) is 37.1 Å². The van der Waals surface area contributed by atoms with Gasteiger partial charge in [-0.2, -0.15) is 0 Å². The van der Waals surface area contributed by atoms with Crippen LogP contribution in [0.1, 0.15) is 18.4 Å². The van der Waals surface area contributed by atoms with Crippen molar-refractivity contribution >= 4 is 17.5 Å². The maximum atomic E-state index is 11.7. The van der Waals surface area contributed by atoms with Crippen LogP contribution in [0.25, 0.3) is 0 Å². The summed E-state index contributed by atoms with van der Waals surface area (Å²) in [7, 11) is 0. The molecule has 2 rings (SSSR count). The molecule has 1 heterocycles. The molecule has 0 radical (unpaired) electrons. The molecule has 1 unspecified atom stereocenters. The smallest absolute Gasteiger partial charge is 0.220 e. The van der Waals surface area contributed by atoms with Crippen molar-refractivity contribution in [3.63, 3.8) is 0 Å². The van der Waals surface area contributed by atoms with E-state index < -0.39 is 0 Å². The SMILES string of the molecule is O=C(CCc1ccc(Cl)cc1)NC1CCNC1. The van der Waals surface area contributed by atoms with Crippen LogP contribution in [-0.4, -0.2) is 25.0 Å². The Bertz CT molecular complexity index is 372. The van der Waals surface area contributed by atoms with E-state index in [4.69, 9.17) is 11.6 Å². The van der Waals surface area contributed by atoms with Crippen LogP contribution in [0.3, 0.4) is 0 Å². The summed E-state index contributed by atoms with van der Waals surface area (Å²) in [6.45, 7) is 1.90. The van der Waals surface area contributed by atoms with Gasteiger partial charge in [-0.25, -0.2) is 0 Å². The highest BCUT2D eigenvalue weighted by Crippen LogP contribution is 2.11. The Labute approximate surface area is 107 Å². The molecule has 1 aliphatic heterocycles. The first-order valence-electron chi connectivity index (χ1n) is 5.98. The number of amides is 1. The highest BCUT2D eigenvalue weighted by atomic mass is 35.5. The first-order chi connectivity index (χ1) is 8.24. The quantitative estimate of drug-likeness (QED) is 0.857. The molecule has 1 aromatic rings. The molecule has 0 aromatic heterocycles. The molecule has 1 amide bonds. The zero-order valence-corrected chi connectivity index (χ0v) is 10.5. The van der Waals surface area contributed by atoms with Gasteiger partial charge in [0.05, 0.1) is 0 Å². The Morgan fingerprint density at radius 2 is 2.18 bits per heavy atom. The highest BCUT2D eigenvalue weighted by molar-refractivity contribution is 6.30. The summed E-state index contributed by atoms with van der Waals surface area (Å²) in [6.07, 6.45) is 2.34. The fraction of sp³-hybridized carbons (Fsp3) is 0.462. The average Bonchev–Trinajstić information content (AvgIpc) is 2.81. The molecule has 0 saturated carbocycles. The van der Waals surface area contributed by atoms with Gasteiger partial charge in [-0.1, -0.05) is 23.7 Å². The number of nitrogens with one attached hydrogen (secondary N) is 2. The molecule has 2 N–H and O–H groups in total. The topological polar surface area (TPSA) is 41.1 Å². The van der Waals surface area contributed by atoms with Gasteiger partial charge in [0.25, 0.3) is 0 Å². The molecular formula is C13H17ClN2O. The number of halogens is 1. The molecule has 0 bridgehead atoms. The van der Waals surface area contributed by atoms with E-state index in [9.17, 15) is 4.79 Å². The number of hydrogen-bond acceptors (Lipinski definition) is 2. The van der Waals surface area contributed by atoms with Crippen LogP contribution in [0.15, 0.2) is 24.3 Å². The zero-order chi connectivity index (χ0) is 12.1. The van der Waals surface area contributed by atoms with Gasteiger partial charge in [0.15, 0.2) is 0 Å². The molecule has 1 saturated heterocycles. The van der Waals surface area contributed by atoms with Crippen LogP contribution in [0.2, 0.25) is 5.02 Å². The molecule has 1 aromatic carbocycles. The Hall–Kier alpha value is -1.06. The monoisotopic (exact) mass is 252 g/mol. The predicted octanol–water partition coefficient (Wildman–Crippen LogP) is 1.75. The maximum absolute atomic E-state index is 11.7. The van der Waals surface area contributed by atoms with Crippen LogP contribution >= 0.6 is 11.6 Å². The Kier molecular flexibility index (Phi) is 4.40. The number of hydrogen-bond donors (Lipinski definition) is 2. The minimum absolute atomic E-state index is 0.133. The van der Waals surface area contributed by atoms with Gasteiger partial charge in [0.1, 0.15) is 0 Å². The van der Waals surface area contributed by atoms with Gasteiger partial charge >= 0.3 is 0 Å². The van der Waals surface area contributed by atoms with Crippen molar-refractivity contribution in [1.82, 2.24) is 10.6 Å². The Morgan fingerprint density at radius 3 is 2.82 bits per heavy atom. The van der Waals surface area contributed by atoms with Gasteiger partial charge in [-0.15, -0.1) is 0 Å². The lowest BCUT2D eigenvalue weighted by atomic mass is 10.1. The van der Waals surface area contributed by atoms with Crippen LogP contribution in [0.4, 0.5) is 0 Å². The van der Waals surface area contributed by atoms with E-state index in [-0.39, 0.29) is 5.91 Å². The molecule has 17 heavy (non-hydrogen) atoms. The summed E-state index contributed by atoms with van der Waals surface area (Å²) in [5, 5.41) is 6.99. The molecule has 3 nitrogen and oxygen atoms in total. The fourth-order valence-corrected chi connectivity index (χ4v) is 2.11. The highest BCUT2D eigenvalue weighted by Gasteiger charge is 2.16. The summed E-state index contributed by atoms with van der Waals surface area (Å²) < 4.78 is 0. The molecule has 1 aliphatic rings. The third-order valence-corrected chi connectivity index (χ3v) is 3.23. The van der Waals surface area contributed by atoms with Crippen LogP contribution in [0.5, 0.6) is 0 Å². The second kappa shape index (κ2) is 6.03. The lowest BCUT2D eigenvalue weighted by Crippen LogP contribution is -2.36.